The third kappa shape index (κ3) is 3.76. The topological polar surface area (TPSA) is 58.0 Å². The van der Waals surface area contributed by atoms with Crippen LogP contribution in [-0.4, -0.2) is 21.6 Å². The van der Waals surface area contributed by atoms with E-state index in [-0.39, 0.29) is 16.7 Å². The number of rotatable bonds is 4. The number of aliphatic hydroxyl groups is 1. The van der Waals surface area contributed by atoms with Crippen LogP contribution in [0.15, 0.2) is 30.6 Å². The molecule has 0 aliphatic heterocycles. The standard InChI is InChI=1S/C12H10Cl2FN3O/c13-8-2-1-7(3-9(8)15)10(19)4-17-12-6-16-5-11(14)18-12/h1-3,5-6,10,19H,4H2,(H,17,18). The van der Waals surface area contributed by atoms with Crippen LogP contribution in [0.1, 0.15) is 11.7 Å². The molecule has 1 unspecified atom stereocenters. The number of hydrogen-bond donors (Lipinski definition) is 2. The Balaban J connectivity index is 2.01. The van der Waals surface area contributed by atoms with E-state index in [1.165, 1.54) is 24.5 Å². The van der Waals surface area contributed by atoms with Crippen LogP contribution in [0.4, 0.5) is 10.2 Å². The first kappa shape index (κ1) is 14.0. The molecule has 2 N–H and O–H groups in total. The molecule has 0 saturated carbocycles. The molecule has 2 aromatic rings. The van der Waals surface area contributed by atoms with E-state index in [2.05, 4.69) is 15.3 Å². The molecule has 100 valence electrons. The molecule has 1 heterocycles. The van der Waals surface area contributed by atoms with Gasteiger partial charge in [-0.05, 0) is 17.7 Å². The van der Waals surface area contributed by atoms with Crippen molar-refractivity contribution >= 4 is 29.0 Å². The summed E-state index contributed by atoms with van der Waals surface area (Å²) < 4.78 is 13.3. The highest BCUT2D eigenvalue weighted by Gasteiger charge is 2.10. The zero-order chi connectivity index (χ0) is 13.8. The maximum Gasteiger partial charge on any atom is 0.149 e. The highest BCUT2D eigenvalue weighted by molar-refractivity contribution is 6.30. The van der Waals surface area contributed by atoms with Crippen molar-refractivity contribution in [1.82, 2.24) is 9.97 Å². The van der Waals surface area contributed by atoms with Crippen molar-refractivity contribution in [3.63, 3.8) is 0 Å². The van der Waals surface area contributed by atoms with Crippen LogP contribution in [0.2, 0.25) is 10.2 Å². The normalized spacial score (nSPS) is 12.2. The molecule has 0 fully saturated rings. The molecule has 0 saturated heterocycles. The van der Waals surface area contributed by atoms with Crippen molar-refractivity contribution in [2.75, 3.05) is 11.9 Å². The summed E-state index contributed by atoms with van der Waals surface area (Å²) in [7, 11) is 0. The van der Waals surface area contributed by atoms with E-state index in [1.54, 1.807) is 6.07 Å². The smallest absolute Gasteiger partial charge is 0.149 e. The van der Waals surface area contributed by atoms with Crippen LogP contribution in [0, 0.1) is 5.82 Å². The first-order valence-electron chi connectivity index (χ1n) is 5.40. The first-order chi connectivity index (χ1) is 9.06. The third-order valence-electron chi connectivity index (χ3n) is 2.41. The molecule has 0 spiro atoms. The summed E-state index contributed by atoms with van der Waals surface area (Å²) in [6, 6.07) is 4.15. The molecule has 19 heavy (non-hydrogen) atoms. The van der Waals surface area contributed by atoms with Gasteiger partial charge in [0.05, 0.1) is 23.5 Å². The number of halogens is 3. The first-order valence-corrected chi connectivity index (χ1v) is 6.16. The maximum atomic E-state index is 13.3. The SMILES string of the molecule is OC(CNc1cncc(Cl)n1)c1ccc(Cl)c(F)c1. The van der Waals surface area contributed by atoms with Crippen molar-refractivity contribution in [2.45, 2.75) is 6.10 Å². The number of benzene rings is 1. The number of hydrogen-bond acceptors (Lipinski definition) is 4. The second-order valence-corrected chi connectivity index (χ2v) is 4.59. The zero-order valence-corrected chi connectivity index (χ0v) is 11.2. The van der Waals surface area contributed by atoms with Crippen LogP contribution in [0.3, 0.4) is 0 Å². The fraction of sp³-hybridized carbons (Fsp3) is 0.167. The Morgan fingerprint density at radius 1 is 1.32 bits per heavy atom. The van der Waals surface area contributed by atoms with Gasteiger partial charge in [-0.25, -0.2) is 9.37 Å². The Hall–Kier alpha value is -1.43. The molecule has 0 radical (unpaired) electrons. The minimum atomic E-state index is -0.896. The molecule has 2 rings (SSSR count). The molecule has 7 heteroatoms. The number of anilines is 1. The summed E-state index contributed by atoms with van der Waals surface area (Å²) in [6.45, 7) is 0.149. The fourth-order valence-electron chi connectivity index (χ4n) is 1.47. The van der Waals surface area contributed by atoms with Crippen LogP contribution in [-0.2, 0) is 0 Å². The zero-order valence-electron chi connectivity index (χ0n) is 9.65. The van der Waals surface area contributed by atoms with Crippen LogP contribution < -0.4 is 5.32 Å². The molecule has 1 aromatic carbocycles. The van der Waals surface area contributed by atoms with Gasteiger partial charge in [0.25, 0.3) is 0 Å². The molecular formula is C12H10Cl2FN3O. The van der Waals surface area contributed by atoms with Gasteiger partial charge in [0.1, 0.15) is 16.8 Å². The Morgan fingerprint density at radius 3 is 2.79 bits per heavy atom. The summed E-state index contributed by atoms with van der Waals surface area (Å²) in [6.07, 6.45) is 1.98. The fourth-order valence-corrected chi connectivity index (χ4v) is 1.73. The van der Waals surface area contributed by atoms with Crippen molar-refractivity contribution in [3.05, 3.63) is 52.1 Å². The summed E-state index contributed by atoms with van der Waals surface area (Å²) in [5, 5.41) is 13.0. The van der Waals surface area contributed by atoms with Crippen LogP contribution >= 0.6 is 23.2 Å². The Bertz CT molecular complexity index is 583. The average Bonchev–Trinajstić information content (AvgIpc) is 2.39. The summed E-state index contributed by atoms with van der Waals surface area (Å²) in [5.74, 6) is -0.137. The van der Waals surface area contributed by atoms with Crippen molar-refractivity contribution in [1.29, 1.82) is 0 Å². The van der Waals surface area contributed by atoms with Gasteiger partial charge in [-0.15, -0.1) is 0 Å². The van der Waals surface area contributed by atoms with Crippen molar-refractivity contribution in [3.8, 4) is 0 Å². The van der Waals surface area contributed by atoms with E-state index in [1.807, 2.05) is 0 Å². The average molecular weight is 302 g/mol. The van der Waals surface area contributed by atoms with Crippen molar-refractivity contribution < 1.29 is 9.50 Å². The Morgan fingerprint density at radius 2 is 2.11 bits per heavy atom. The molecule has 1 aromatic heterocycles. The largest absolute Gasteiger partial charge is 0.387 e. The van der Waals surface area contributed by atoms with Gasteiger partial charge in [0, 0.05) is 6.54 Å². The number of nitrogens with one attached hydrogen (secondary N) is 1. The van der Waals surface area contributed by atoms with Gasteiger partial charge in [-0.1, -0.05) is 29.3 Å². The van der Waals surface area contributed by atoms with Crippen LogP contribution in [0.5, 0.6) is 0 Å². The van der Waals surface area contributed by atoms with Crippen molar-refractivity contribution in [2.24, 2.45) is 0 Å². The summed E-state index contributed by atoms with van der Waals surface area (Å²) >= 11 is 11.2. The highest BCUT2D eigenvalue weighted by Crippen LogP contribution is 2.20. The van der Waals surface area contributed by atoms with Gasteiger partial charge < -0.3 is 10.4 Å². The summed E-state index contributed by atoms with van der Waals surface area (Å²) in [5.41, 5.74) is 0.421. The highest BCUT2D eigenvalue weighted by atomic mass is 35.5. The van der Waals surface area contributed by atoms with Gasteiger partial charge in [0.2, 0.25) is 0 Å². The number of nitrogens with zero attached hydrogens (tertiary/aromatic N) is 2. The lowest BCUT2D eigenvalue weighted by Gasteiger charge is -2.13. The maximum absolute atomic E-state index is 13.3. The Labute approximate surface area is 119 Å². The van der Waals surface area contributed by atoms with E-state index < -0.39 is 11.9 Å². The van der Waals surface area contributed by atoms with E-state index in [0.717, 1.165) is 0 Å². The molecule has 1 atom stereocenters. The van der Waals surface area contributed by atoms with Crippen LogP contribution in [0.25, 0.3) is 0 Å². The quantitative estimate of drug-likeness (QED) is 0.911. The van der Waals surface area contributed by atoms with Gasteiger partial charge in [0.15, 0.2) is 0 Å². The third-order valence-corrected chi connectivity index (χ3v) is 2.90. The lowest BCUT2D eigenvalue weighted by molar-refractivity contribution is 0.191. The lowest BCUT2D eigenvalue weighted by Crippen LogP contribution is -2.13. The predicted molar refractivity (Wildman–Crippen MR) is 71.9 cm³/mol. The molecule has 0 aliphatic carbocycles. The van der Waals surface area contributed by atoms with Gasteiger partial charge >= 0.3 is 0 Å². The van der Waals surface area contributed by atoms with Gasteiger partial charge in [-0.3, -0.25) is 4.98 Å². The Kier molecular flexibility index (Phi) is 4.52. The lowest BCUT2D eigenvalue weighted by atomic mass is 10.1. The minimum Gasteiger partial charge on any atom is -0.387 e. The molecule has 0 amide bonds. The van der Waals surface area contributed by atoms with Gasteiger partial charge in [-0.2, -0.15) is 0 Å². The minimum absolute atomic E-state index is 0.0182. The second kappa shape index (κ2) is 6.14. The number of aromatic nitrogens is 2. The summed E-state index contributed by atoms with van der Waals surface area (Å²) in [4.78, 5) is 7.80. The molecule has 4 nitrogen and oxygen atoms in total. The predicted octanol–water partition coefficient (Wildman–Crippen LogP) is 3.07. The van der Waals surface area contributed by atoms with E-state index in [9.17, 15) is 9.50 Å². The second-order valence-electron chi connectivity index (χ2n) is 3.80. The van der Waals surface area contributed by atoms with E-state index in [4.69, 9.17) is 23.2 Å². The van der Waals surface area contributed by atoms with E-state index in [0.29, 0.717) is 11.4 Å². The van der Waals surface area contributed by atoms with E-state index >= 15 is 0 Å². The molecule has 0 bridgehead atoms. The monoisotopic (exact) mass is 301 g/mol. The molecular weight excluding hydrogens is 292 g/mol. The molecule has 0 aliphatic rings. The number of aliphatic hydroxyl groups excluding tert-OH is 1.